The zero-order valence-corrected chi connectivity index (χ0v) is 9.86. The Hall–Kier alpha value is -1.58. The van der Waals surface area contributed by atoms with Crippen LogP contribution in [0.1, 0.15) is 37.6 Å². The molecule has 1 N–H and O–H groups in total. The molecule has 1 aromatic rings. The SMILES string of the molecule is CC(C)(C)CCn1ccc(C(=O)O)cc1=O. The molecule has 1 aromatic heterocycles. The first-order chi connectivity index (χ1) is 7.29. The molecule has 0 unspecified atom stereocenters. The minimum atomic E-state index is -1.07. The van der Waals surface area contributed by atoms with Crippen LogP contribution in [0, 0.1) is 5.41 Å². The lowest BCUT2D eigenvalue weighted by Gasteiger charge is -2.18. The van der Waals surface area contributed by atoms with Crippen molar-refractivity contribution in [1.82, 2.24) is 4.57 Å². The standard InChI is InChI=1S/C12H17NO3/c1-12(2,3)5-7-13-6-4-9(11(15)16)8-10(13)14/h4,6,8H,5,7H2,1-3H3,(H,15,16). The number of pyridine rings is 1. The Morgan fingerprint density at radius 2 is 2.06 bits per heavy atom. The van der Waals surface area contributed by atoms with E-state index in [9.17, 15) is 9.59 Å². The van der Waals surface area contributed by atoms with Crippen molar-refractivity contribution in [1.29, 1.82) is 0 Å². The number of carboxylic acid groups (broad SMARTS) is 1. The molecular weight excluding hydrogens is 206 g/mol. The van der Waals surface area contributed by atoms with E-state index < -0.39 is 5.97 Å². The molecule has 16 heavy (non-hydrogen) atoms. The number of aromatic carboxylic acids is 1. The number of hydrogen-bond donors (Lipinski definition) is 1. The van der Waals surface area contributed by atoms with Crippen molar-refractivity contribution < 1.29 is 9.90 Å². The zero-order chi connectivity index (χ0) is 12.3. The molecular formula is C12H17NO3. The van der Waals surface area contributed by atoms with E-state index in [-0.39, 0.29) is 16.5 Å². The Balaban J connectivity index is 2.84. The van der Waals surface area contributed by atoms with Gasteiger partial charge in [0.25, 0.3) is 5.56 Å². The Morgan fingerprint density at radius 3 is 2.50 bits per heavy atom. The van der Waals surface area contributed by atoms with Crippen molar-refractivity contribution in [2.45, 2.75) is 33.7 Å². The van der Waals surface area contributed by atoms with Gasteiger partial charge in [-0.15, -0.1) is 0 Å². The van der Waals surface area contributed by atoms with E-state index in [4.69, 9.17) is 5.11 Å². The first kappa shape index (κ1) is 12.5. The van der Waals surface area contributed by atoms with Crippen LogP contribution in [0.2, 0.25) is 0 Å². The van der Waals surface area contributed by atoms with Crippen molar-refractivity contribution in [3.63, 3.8) is 0 Å². The molecule has 0 bridgehead atoms. The fraction of sp³-hybridized carbons (Fsp3) is 0.500. The lowest BCUT2D eigenvalue weighted by atomic mass is 9.92. The summed E-state index contributed by atoms with van der Waals surface area (Å²) in [7, 11) is 0. The molecule has 0 aliphatic carbocycles. The molecule has 0 radical (unpaired) electrons. The highest BCUT2D eigenvalue weighted by atomic mass is 16.4. The summed E-state index contributed by atoms with van der Waals surface area (Å²) in [5.41, 5.74) is -0.0635. The molecule has 0 aliphatic heterocycles. The Kier molecular flexibility index (Phi) is 3.52. The van der Waals surface area contributed by atoms with Gasteiger partial charge >= 0.3 is 5.97 Å². The van der Waals surface area contributed by atoms with Crippen molar-refractivity contribution in [3.8, 4) is 0 Å². The van der Waals surface area contributed by atoms with Crippen molar-refractivity contribution in [2.75, 3.05) is 0 Å². The van der Waals surface area contributed by atoms with E-state index in [1.807, 2.05) is 0 Å². The second-order valence-corrected chi connectivity index (χ2v) is 5.06. The largest absolute Gasteiger partial charge is 0.478 e. The fourth-order valence-electron chi connectivity index (χ4n) is 1.28. The lowest BCUT2D eigenvalue weighted by Crippen LogP contribution is -2.22. The predicted molar refractivity (Wildman–Crippen MR) is 61.7 cm³/mol. The average Bonchev–Trinajstić information content (AvgIpc) is 2.14. The van der Waals surface area contributed by atoms with Gasteiger partial charge in [0.1, 0.15) is 0 Å². The molecule has 0 aliphatic rings. The maximum absolute atomic E-state index is 11.6. The van der Waals surface area contributed by atoms with Gasteiger partial charge in [0.15, 0.2) is 0 Å². The van der Waals surface area contributed by atoms with Crippen LogP contribution in [-0.4, -0.2) is 15.6 Å². The minimum Gasteiger partial charge on any atom is -0.478 e. The molecule has 0 saturated heterocycles. The molecule has 1 heterocycles. The van der Waals surface area contributed by atoms with Gasteiger partial charge < -0.3 is 9.67 Å². The molecule has 0 amide bonds. The zero-order valence-electron chi connectivity index (χ0n) is 9.86. The number of aromatic nitrogens is 1. The van der Waals surface area contributed by atoms with Crippen molar-refractivity contribution >= 4 is 5.97 Å². The molecule has 4 nitrogen and oxygen atoms in total. The highest BCUT2D eigenvalue weighted by molar-refractivity contribution is 5.87. The normalized spacial score (nSPS) is 11.4. The third-order valence-electron chi connectivity index (χ3n) is 2.35. The quantitative estimate of drug-likeness (QED) is 0.852. The Bertz CT molecular complexity index is 440. The number of nitrogens with zero attached hydrogens (tertiary/aromatic N) is 1. The molecule has 4 heteroatoms. The van der Waals surface area contributed by atoms with Gasteiger partial charge in [-0.3, -0.25) is 4.79 Å². The van der Waals surface area contributed by atoms with E-state index in [1.54, 1.807) is 0 Å². The van der Waals surface area contributed by atoms with Gasteiger partial charge in [-0.25, -0.2) is 4.79 Å². The summed E-state index contributed by atoms with van der Waals surface area (Å²) in [4.78, 5) is 22.2. The van der Waals surface area contributed by atoms with Crippen LogP contribution in [0.15, 0.2) is 23.1 Å². The van der Waals surface area contributed by atoms with Crippen molar-refractivity contribution in [2.24, 2.45) is 5.41 Å². The summed E-state index contributed by atoms with van der Waals surface area (Å²) >= 11 is 0. The molecule has 1 rings (SSSR count). The summed E-state index contributed by atoms with van der Waals surface area (Å²) in [6.45, 7) is 6.92. The first-order valence-electron chi connectivity index (χ1n) is 5.23. The highest BCUT2D eigenvalue weighted by Gasteiger charge is 2.11. The average molecular weight is 223 g/mol. The second kappa shape index (κ2) is 4.51. The monoisotopic (exact) mass is 223 g/mol. The van der Waals surface area contributed by atoms with E-state index in [0.29, 0.717) is 6.54 Å². The maximum Gasteiger partial charge on any atom is 0.335 e. The van der Waals surface area contributed by atoms with Gasteiger partial charge in [0.2, 0.25) is 0 Å². The fourth-order valence-corrected chi connectivity index (χ4v) is 1.28. The van der Waals surface area contributed by atoms with Gasteiger partial charge in [-0.05, 0) is 17.9 Å². The second-order valence-electron chi connectivity index (χ2n) is 5.06. The van der Waals surface area contributed by atoms with Crippen LogP contribution in [0.4, 0.5) is 0 Å². The van der Waals surface area contributed by atoms with Gasteiger partial charge in [0.05, 0.1) is 5.56 Å². The van der Waals surface area contributed by atoms with E-state index in [1.165, 1.54) is 16.8 Å². The third-order valence-corrected chi connectivity index (χ3v) is 2.35. The van der Waals surface area contributed by atoms with Crippen LogP contribution in [-0.2, 0) is 6.54 Å². The number of aryl methyl sites for hydroxylation is 1. The molecule has 88 valence electrons. The molecule has 0 aromatic carbocycles. The van der Waals surface area contributed by atoms with Gasteiger partial charge in [-0.2, -0.15) is 0 Å². The third kappa shape index (κ3) is 3.53. The smallest absolute Gasteiger partial charge is 0.335 e. The molecule has 0 saturated carbocycles. The van der Waals surface area contributed by atoms with Crippen LogP contribution < -0.4 is 5.56 Å². The Morgan fingerprint density at radius 1 is 1.44 bits per heavy atom. The summed E-state index contributed by atoms with van der Waals surface area (Å²) in [5.74, 6) is -1.07. The number of carboxylic acids is 1. The molecule has 0 fully saturated rings. The summed E-state index contributed by atoms with van der Waals surface area (Å²) in [6, 6.07) is 2.61. The Labute approximate surface area is 94.5 Å². The van der Waals surface area contributed by atoms with E-state index >= 15 is 0 Å². The van der Waals surface area contributed by atoms with Crippen LogP contribution in [0.3, 0.4) is 0 Å². The number of rotatable bonds is 3. The van der Waals surface area contributed by atoms with E-state index in [2.05, 4.69) is 20.8 Å². The molecule has 0 spiro atoms. The topological polar surface area (TPSA) is 59.3 Å². The summed E-state index contributed by atoms with van der Waals surface area (Å²) in [5, 5.41) is 8.71. The van der Waals surface area contributed by atoms with Gasteiger partial charge in [0, 0.05) is 18.8 Å². The maximum atomic E-state index is 11.6. The van der Waals surface area contributed by atoms with Crippen molar-refractivity contribution in [3.05, 3.63) is 34.2 Å². The van der Waals surface area contributed by atoms with E-state index in [0.717, 1.165) is 12.5 Å². The first-order valence-corrected chi connectivity index (χ1v) is 5.23. The van der Waals surface area contributed by atoms with Crippen LogP contribution in [0.5, 0.6) is 0 Å². The van der Waals surface area contributed by atoms with Gasteiger partial charge in [-0.1, -0.05) is 20.8 Å². The van der Waals surface area contributed by atoms with Crippen LogP contribution >= 0.6 is 0 Å². The summed E-state index contributed by atoms with van der Waals surface area (Å²) < 4.78 is 1.54. The lowest BCUT2D eigenvalue weighted by molar-refractivity contribution is 0.0696. The number of carbonyl (C=O) groups is 1. The van der Waals surface area contributed by atoms with Crippen LogP contribution in [0.25, 0.3) is 0 Å². The molecule has 0 atom stereocenters. The number of hydrogen-bond acceptors (Lipinski definition) is 2. The minimum absolute atomic E-state index is 0.0389. The highest BCUT2D eigenvalue weighted by Crippen LogP contribution is 2.18. The predicted octanol–water partition coefficient (Wildman–Crippen LogP) is 1.98. The summed E-state index contributed by atoms with van der Waals surface area (Å²) in [6.07, 6.45) is 2.41.